The molecule has 0 fully saturated rings. The van der Waals surface area contributed by atoms with Crippen LogP contribution in [0.25, 0.3) is 10.2 Å². The summed E-state index contributed by atoms with van der Waals surface area (Å²) in [6.45, 7) is 0. The van der Waals surface area contributed by atoms with E-state index in [0.29, 0.717) is 11.3 Å². The monoisotopic (exact) mass is 187 g/mol. The van der Waals surface area contributed by atoms with Crippen LogP contribution in [0.1, 0.15) is 5.01 Å². The lowest BCUT2D eigenvalue weighted by molar-refractivity contribution is -0.103. The van der Waals surface area contributed by atoms with Crippen molar-refractivity contribution in [2.24, 2.45) is 0 Å². The van der Waals surface area contributed by atoms with E-state index in [-0.39, 0.29) is 0 Å². The number of para-hydroxylation sites is 1. The predicted octanol–water partition coefficient (Wildman–Crippen LogP) is 1.85. The van der Waals surface area contributed by atoms with Crippen molar-refractivity contribution in [3.05, 3.63) is 29.3 Å². The molecule has 0 spiro atoms. The normalized spacial score (nSPS) is 9.23. The summed E-state index contributed by atoms with van der Waals surface area (Å²) >= 11 is 1.49. The van der Waals surface area contributed by atoms with E-state index in [1.165, 1.54) is 11.3 Å². The highest BCUT2D eigenvalue weighted by Gasteiger charge is 1.98. The zero-order chi connectivity index (χ0) is 9.10. The van der Waals surface area contributed by atoms with Gasteiger partial charge in [0.05, 0.1) is 10.2 Å². The smallest absolute Gasteiger partial charge is 0.193 e. The zero-order valence-electron chi connectivity index (χ0n) is 6.65. The van der Waals surface area contributed by atoms with E-state index in [2.05, 4.69) is 16.8 Å². The summed E-state index contributed by atoms with van der Waals surface area (Å²) in [6.07, 6.45) is 0.575. The molecular formula is C10H5NOS. The molecule has 0 radical (unpaired) electrons. The lowest BCUT2D eigenvalue weighted by Gasteiger charge is -1.80. The highest BCUT2D eigenvalue weighted by molar-refractivity contribution is 7.19. The van der Waals surface area contributed by atoms with Crippen molar-refractivity contribution < 1.29 is 4.79 Å². The van der Waals surface area contributed by atoms with E-state index in [4.69, 9.17) is 0 Å². The van der Waals surface area contributed by atoms with Crippen LogP contribution >= 0.6 is 11.3 Å². The van der Waals surface area contributed by atoms with Crippen molar-refractivity contribution in [3.8, 4) is 11.8 Å². The molecule has 2 rings (SSSR count). The molecule has 0 aliphatic heterocycles. The minimum Gasteiger partial charge on any atom is -0.289 e. The Morgan fingerprint density at radius 2 is 2.23 bits per heavy atom. The Bertz CT molecular complexity index is 471. The maximum Gasteiger partial charge on any atom is 0.193 e. The van der Waals surface area contributed by atoms with Crippen LogP contribution in [0.4, 0.5) is 0 Å². The summed E-state index contributed by atoms with van der Waals surface area (Å²) in [4.78, 5) is 14.2. The maximum atomic E-state index is 10.00. The minimum atomic E-state index is 0.575. The Morgan fingerprint density at radius 1 is 1.38 bits per heavy atom. The number of fused-ring (bicyclic) bond motifs is 1. The summed E-state index contributed by atoms with van der Waals surface area (Å²) in [7, 11) is 0. The van der Waals surface area contributed by atoms with Crippen LogP contribution in [-0.2, 0) is 4.79 Å². The second-order valence-electron chi connectivity index (χ2n) is 2.37. The van der Waals surface area contributed by atoms with Crippen LogP contribution < -0.4 is 0 Å². The number of thiazole rings is 1. The molecule has 0 N–H and O–H groups in total. The van der Waals surface area contributed by atoms with E-state index < -0.39 is 0 Å². The van der Waals surface area contributed by atoms with E-state index in [1.54, 1.807) is 0 Å². The quantitative estimate of drug-likeness (QED) is 0.465. The number of nitrogens with zero attached hydrogens (tertiary/aromatic N) is 1. The minimum absolute atomic E-state index is 0.575. The Hall–Kier alpha value is -1.66. The largest absolute Gasteiger partial charge is 0.289 e. The third-order valence-corrected chi connectivity index (χ3v) is 2.48. The topological polar surface area (TPSA) is 30.0 Å². The Kier molecular flexibility index (Phi) is 2.07. The number of aromatic nitrogens is 1. The zero-order valence-corrected chi connectivity index (χ0v) is 7.47. The molecule has 2 nitrogen and oxygen atoms in total. The van der Waals surface area contributed by atoms with Crippen LogP contribution in [0, 0.1) is 11.8 Å². The van der Waals surface area contributed by atoms with Gasteiger partial charge in [0.1, 0.15) is 0 Å². The Labute approximate surface area is 79.2 Å². The first kappa shape index (κ1) is 7.96. The molecule has 1 aromatic heterocycles. The van der Waals surface area contributed by atoms with E-state index >= 15 is 0 Å². The molecule has 3 heteroatoms. The lowest BCUT2D eigenvalue weighted by atomic mass is 10.3. The van der Waals surface area contributed by atoms with Gasteiger partial charge in [0.25, 0.3) is 0 Å². The van der Waals surface area contributed by atoms with E-state index in [9.17, 15) is 4.79 Å². The molecule has 0 unspecified atom stereocenters. The molecule has 0 saturated heterocycles. The molecule has 0 saturated carbocycles. The summed E-state index contributed by atoms with van der Waals surface area (Å²) in [6, 6.07) is 7.80. The predicted molar refractivity (Wildman–Crippen MR) is 52.6 cm³/mol. The van der Waals surface area contributed by atoms with Crippen LogP contribution in [0.5, 0.6) is 0 Å². The van der Waals surface area contributed by atoms with E-state index in [1.807, 2.05) is 24.3 Å². The first-order chi connectivity index (χ1) is 6.40. The van der Waals surface area contributed by atoms with Crippen LogP contribution in [0.15, 0.2) is 24.3 Å². The number of rotatable bonds is 0. The number of carbonyl (C=O) groups excluding carboxylic acids is 1. The SMILES string of the molecule is O=CC#Cc1nc2ccccc2s1. The van der Waals surface area contributed by atoms with Crippen molar-refractivity contribution in [2.45, 2.75) is 0 Å². The molecule has 0 bridgehead atoms. The van der Waals surface area contributed by atoms with Gasteiger partial charge in [-0.25, -0.2) is 4.98 Å². The van der Waals surface area contributed by atoms with Gasteiger partial charge in [-0.3, -0.25) is 4.79 Å². The standard InChI is InChI=1S/C10H5NOS/c12-7-3-6-10-11-8-4-1-2-5-9(8)13-10/h1-2,4-5,7H. The highest BCUT2D eigenvalue weighted by Crippen LogP contribution is 2.20. The first-order valence-corrected chi connectivity index (χ1v) is 4.52. The molecule has 62 valence electrons. The van der Waals surface area contributed by atoms with Crippen LogP contribution in [0.2, 0.25) is 0 Å². The molecule has 13 heavy (non-hydrogen) atoms. The third kappa shape index (κ3) is 1.58. The molecule has 0 aliphatic rings. The van der Waals surface area contributed by atoms with Gasteiger partial charge in [0, 0.05) is 0 Å². The number of carbonyl (C=O) groups is 1. The number of aldehydes is 1. The second kappa shape index (κ2) is 3.38. The maximum absolute atomic E-state index is 10.00. The molecule has 0 atom stereocenters. The van der Waals surface area contributed by atoms with Gasteiger partial charge in [0.2, 0.25) is 0 Å². The summed E-state index contributed by atoms with van der Waals surface area (Å²) in [5.74, 6) is 5.02. The number of benzene rings is 1. The molecule has 0 amide bonds. The average molecular weight is 187 g/mol. The fourth-order valence-corrected chi connectivity index (χ4v) is 1.84. The van der Waals surface area contributed by atoms with Gasteiger partial charge < -0.3 is 0 Å². The second-order valence-corrected chi connectivity index (χ2v) is 3.40. The van der Waals surface area contributed by atoms with Crippen LogP contribution in [0.3, 0.4) is 0 Å². The average Bonchev–Trinajstić information content (AvgIpc) is 2.57. The fraction of sp³-hybridized carbons (Fsp3) is 0. The molecule has 1 heterocycles. The molecule has 0 aliphatic carbocycles. The Morgan fingerprint density at radius 3 is 3.00 bits per heavy atom. The van der Waals surface area contributed by atoms with E-state index in [0.717, 1.165) is 10.2 Å². The molecule has 1 aromatic carbocycles. The highest BCUT2D eigenvalue weighted by atomic mass is 32.1. The van der Waals surface area contributed by atoms with Gasteiger partial charge in [-0.1, -0.05) is 12.1 Å². The first-order valence-electron chi connectivity index (χ1n) is 3.71. The molecule has 2 aromatic rings. The number of hydrogen-bond acceptors (Lipinski definition) is 3. The van der Waals surface area contributed by atoms with Gasteiger partial charge in [-0.05, 0) is 24.0 Å². The molecular weight excluding hydrogens is 182 g/mol. The van der Waals surface area contributed by atoms with Crippen molar-refractivity contribution in [1.29, 1.82) is 0 Å². The number of hydrogen-bond donors (Lipinski definition) is 0. The van der Waals surface area contributed by atoms with Gasteiger partial charge in [-0.15, -0.1) is 11.3 Å². The summed E-state index contributed by atoms with van der Waals surface area (Å²) in [5, 5.41) is 0.688. The van der Waals surface area contributed by atoms with Gasteiger partial charge in [0.15, 0.2) is 11.3 Å². The summed E-state index contributed by atoms with van der Waals surface area (Å²) < 4.78 is 1.10. The van der Waals surface area contributed by atoms with Crippen molar-refractivity contribution >= 4 is 27.8 Å². The van der Waals surface area contributed by atoms with Crippen molar-refractivity contribution in [1.82, 2.24) is 4.98 Å². The lowest BCUT2D eigenvalue weighted by Crippen LogP contribution is -1.69. The van der Waals surface area contributed by atoms with Gasteiger partial charge >= 0.3 is 0 Å². The fourth-order valence-electron chi connectivity index (χ4n) is 1.02. The van der Waals surface area contributed by atoms with Crippen molar-refractivity contribution in [3.63, 3.8) is 0 Å². The third-order valence-electron chi connectivity index (χ3n) is 1.53. The van der Waals surface area contributed by atoms with Gasteiger partial charge in [-0.2, -0.15) is 0 Å². The van der Waals surface area contributed by atoms with Crippen molar-refractivity contribution in [2.75, 3.05) is 0 Å². The van der Waals surface area contributed by atoms with Crippen LogP contribution in [-0.4, -0.2) is 11.3 Å². The Balaban J connectivity index is 2.55. The summed E-state index contributed by atoms with van der Waals surface area (Å²) in [5.41, 5.74) is 0.933.